The number of nitrogens with one attached hydrogen (secondary N) is 1. The van der Waals surface area contributed by atoms with Gasteiger partial charge < -0.3 is 10.1 Å². The van der Waals surface area contributed by atoms with E-state index in [1.54, 1.807) is 35.9 Å². The standard InChI is InChI=1S/C21H19N5O2S/c1-13-14(2)24-21-22-12-23-26(21)20(13)29-18-7-5-4-6-17(18)25-19(27)15-8-10-16(28-3)11-9-15/h4-12H,1-3H3,(H,25,27). The molecule has 0 saturated carbocycles. The van der Waals surface area contributed by atoms with Crippen molar-refractivity contribution in [3.8, 4) is 5.75 Å². The number of carbonyl (C=O) groups is 1. The first-order chi connectivity index (χ1) is 14.1. The molecule has 0 aliphatic carbocycles. The lowest BCUT2D eigenvalue weighted by atomic mass is 10.2. The van der Waals surface area contributed by atoms with Gasteiger partial charge in [-0.15, -0.1) is 0 Å². The van der Waals surface area contributed by atoms with Gasteiger partial charge in [0.05, 0.1) is 12.8 Å². The number of hydrogen-bond donors (Lipinski definition) is 1. The van der Waals surface area contributed by atoms with E-state index in [2.05, 4.69) is 20.4 Å². The first-order valence-electron chi connectivity index (χ1n) is 8.96. The number of para-hydroxylation sites is 1. The van der Waals surface area contributed by atoms with Crippen molar-refractivity contribution in [3.05, 3.63) is 71.7 Å². The zero-order valence-corrected chi connectivity index (χ0v) is 17.0. The average molecular weight is 405 g/mol. The predicted molar refractivity (Wildman–Crippen MR) is 112 cm³/mol. The second-order valence-corrected chi connectivity index (χ2v) is 7.41. The fourth-order valence-corrected chi connectivity index (χ4v) is 3.92. The average Bonchev–Trinajstić information content (AvgIpc) is 3.20. The number of hydrogen-bond acceptors (Lipinski definition) is 6. The van der Waals surface area contributed by atoms with Crippen LogP contribution in [-0.2, 0) is 0 Å². The molecule has 4 rings (SSSR count). The minimum absolute atomic E-state index is 0.186. The Morgan fingerprint density at radius 2 is 1.86 bits per heavy atom. The lowest BCUT2D eigenvalue weighted by Gasteiger charge is -2.13. The van der Waals surface area contributed by atoms with Gasteiger partial charge in [0.15, 0.2) is 0 Å². The summed E-state index contributed by atoms with van der Waals surface area (Å²) in [7, 11) is 1.59. The number of carbonyl (C=O) groups excluding carboxylic acids is 1. The molecule has 0 fully saturated rings. The van der Waals surface area contributed by atoms with Crippen molar-refractivity contribution in [1.82, 2.24) is 19.6 Å². The van der Waals surface area contributed by atoms with Gasteiger partial charge in [0, 0.05) is 21.7 Å². The maximum Gasteiger partial charge on any atom is 0.255 e. The molecule has 2 heterocycles. The molecule has 0 bridgehead atoms. The van der Waals surface area contributed by atoms with Crippen LogP contribution in [-0.4, -0.2) is 32.6 Å². The lowest BCUT2D eigenvalue weighted by molar-refractivity contribution is 0.102. The van der Waals surface area contributed by atoms with Crippen LogP contribution in [0.1, 0.15) is 21.6 Å². The zero-order chi connectivity index (χ0) is 20.4. The van der Waals surface area contributed by atoms with E-state index in [4.69, 9.17) is 4.74 Å². The summed E-state index contributed by atoms with van der Waals surface area (Å²) in [5, 5.41) is 8.21. The number of methoxy groups -OCH3 is 1. The van der Waals surface area contributed by atoms with Crippen molar-refractivity contribution in [2.75, 3.05) is 12.4 Å². The molecule has 2 aromatic heterocycles. The molecular formula is C21H19N5O2S. The van der Waals surface area contributed by atoms with Crippen molar-refractivity contribution in [2.45, 2.75) is 23.8 Å². The third kappa shape index (κ3) is 3.79. The van der Waals surface area contributed by atoms with Crippen molar-refractivity contribution >= 4 is 29.1 Å². The van der Waals surface area contributed by atoms with Crippen molar-refractivity contribution in [1.29, 1.82) is 0 Å². The molecule has 4 aromatic rings. The van der Waals surface area contributed by atoms with Crippen molar-refractivity contribution in [2.24, 2.45) is 0 Å². The van der Waals surface area contributed by atoms with E-state index in [1.807, 2.05) is 38.1 Å². The highest BCUT2D eigenvalue weighted by Gasteiger charge is 2.15. The van der Waals surface area contributed by atoms with Crippen LogP contribution >= 0.6 is 11.8 Å². The van der Waals surface area contributed by atoms with Gasteiger partial charge in [-0.25, -0.2) is 4.98 Å². The molecule has 1 N–H and O–H groups in total. The van der Waals surface area contributed by atoms with Crippen LogP contribution in [0.3, 0.4) is 0 Å². The summed E-state index contributed by atoms with van der Waals surface area (Å²) >= 11 is 1.52. The van der Waals surface area contributed by atoms with Crippen LogP contribution in [0, 0.1) is 13.8 Å². The maximum atomic E-state index is 12.7. The maximum absolute atomic E-state index is 12.7. The Kier molecular flexibility index (Phi) is 5.18. The third-order valence-corrected chi connectivity index (χ3v) is 5.80. The number of anilines is 1. The Bertz CT molecular complexity index is 1190. The number of benzene rings is 2. The second kappa shape index (κ2) is 7.92. The second-order valence-electron chi connectivity index (χ2n) is 6.38. The quantitative estimate of drug-likeness (QED) is 0.502. The monoisotopic (exact) mass is 405 g/mol. The first-order valence-corrected chi connectivity index (χ1v) is 9.77. The molecular weight excluding hydrogens is 386 g/mol. The summed E-state index contributed by atoms with van der Waals surface area (Å²) in [6, 6.07) is 14.7. The van der Waals surface area contributed by atoms with Gasteiger partial charge >= 0.3 is 0 Å². The van der Waals surface area contributed by atoms with Crippen LogP contribution in [0.25, 0.3) is 5.78 Å². The van der Waals surface area contributed by atoms with Crippen LogP contribution in [0.15, 0.2) is 64.8 Å². The molecule has 8 heteroatoms. The molecule has 0 saturated heterocycles. The van der Waals surface area contributed by atoms with Crippen molar-refractivity contribution < 1.29 is 9.53 Å². The van der Waals surface area contributed by atoms with Gasteiger partial charge in [-0.05, 0) is 50.2 Å². The molecule has 0 atom stereocenters. The molecule has 0 aliphatic heterocycles. The van der Waals surface area contributed by atoms with E-state index >= 15 is 0 Å². The third-order valence-electron chi connectivity index (χ3n) is 4.55. The molecule has 0 spiro atoms. The predicted octanol–water partition coefficient (Wildman–Crippen LogP) is 4.15. The number of ether oxygens (including phenoxy) is 1. The van der Waals surface area contributed by atoms with Gasteiger partial charge in [0.25, 0.3) is 11.7 Å². The molecule has 0 aliphatic rings. The SMILES string of the molecule is COc1ccc(C(=O)Nc2ccccc2Sc2c(C)c(C)nc3ncnn23)cc1. The fraction of sp³-hybridized carbons (Fsp3) is 0.143. The normalized spacial score (nSPS) is 10.9. The van der Waals surface area contributed by atoms with E-state index in [1.165, 1.54) is 18.1 Å². The molecule has 2 aromatic carbocycles. The van der Waals surface area contributed by atoms with E-state index in [0.29, 0.717) is 17.1 Å². The summed E-state index contributed by atoms with van der Waals surface area (Å²) in [5.41, 5.74) is 3.19. The highest BCUT2D eigenvalue weighted by molar-refractivity contribution is 7.99. The number of aryl methyl sites for hydroxylation is 1. The van der Waals surface area contributed by atoms with E-state index in [9.17, 15) is 4.79 Å². The van der Waals surface area contributed by atoms with E-state index < -0.39 is 0 Å². The van der Waals surface area contributed by atoms with Gasteiger partial charge in [0.2, 0.25) is 0 Å². The summed E-state index contributed by atoms with van der Waals surface area (Å²) < 4.78 is 6.87. The number of nitrogens with zero attached hydrogens (tertiary/aromatic N) is 4. The minimum Gasteiger partial charge on any atom is -0.497 e. The summed E-state index contributed by atoms with van der Waals surface area (Å²) in [6.07, 6.45) is 1.49. The van der Waals surface area contributed by atoms with E-state index in [-0.39, 0.29) is 5.91 Å². The molecule has 0 unspecified atom stereocenters. The number of fused-ring (bicyclic) bond motifs is 1. The van der Waals surface area contributed by atoms with Gasteiger partial charge in [0.1, 0.15) is 17.1 Å². The van der Waals surface area contributed by atoms with Crippen molar-refractivity contribution in [3.63, 3.8) is 0 Å². The highest BCUT2D eigenvalue weighted by atomic mass is 32.2. The van der Waals surface area contributed by atoms with Crippen LogP contribution in [0.5, 0.6) is 5.75 Å². The highest BCUT2D eigenvalue weighted by Crippen LogP contribution is 2.35. The number of rotatable bonds is 5. The molecule has 0 radical (unpaired) electrons. The Hall–Kier alpha value is -3.39. The number of aromatic nitrogens is 4. The molecule has 1 amide bonds. The molecule has 29 heavy (non-hydrogen) atoms. The summed E-state index contributed by atoms with van der Waals surface area (Å²) in [4.78, 5) is 22.3. The molecule has 146 valence electrons. The zero-order valence-electron chi connectivity index (χ0n) is 16.2. The van der Waals surface area contributed by atoms with Gasteiger partial charge in [-0.1, -0.05) is 23.9 Å². The summed E-state index contributed by atoms with van der Waals surface area (Å²) in [6.45, 7) is 3.95. The Morgan fingerprint density at radius 1 is 1.10 bits per heavy atom. The van der Waals surface area contributed by atoms with Crippen LogP contribution < -0.4 is 10.1 Å². The van der Waals surface area contributed by atoms with E-state index in [0.717, 1.165) is 26.9 Å². The Labute approximate surface area is 172 Å². The molecule has 7 nitrogen and oxygen atoms in total. The lowest BCUT2D eigenvalue weighted by Crippen LogP contribution is -2.12. The van der Waals surface area contributed by atoms with Gasteiger partial charge in [-0.3, -0.25) is 4.79 Å². The number of amides is 1. The first kappa shape index (κ1) is 18.9. The fourth-order valence-electron chi connectivity index (χ4n) is 2.82. The summed E-state index contributed by atoms with van der Waals surface area (Å²) in [5.74, 6) is 1.07. The smallest absolute Gasteiger partial charge is 0.255 e. The Balaban J connectivity index is 1.65. The van der Waals surface area contributed by atoms with Crippen LogP contribution in [0.2, 0.25) is 0 Å². The Morgan fingerprint density at radius 3 is 2.62 bits per heavy atom. The van der Waals surface area contributed by atoms with Crippen LogP contribution in [0.4, 0.5) is 5.69 Å². The van der Waals surface area contributed by atoms with Gasteiger partial charge in [-0.2, -0.15) is 14.6 Å². The largest absolute Gasteiger partial charge is 0.497 e. The minimum atomic E-state index is -0.186. The topological polar surface area (TPSA) is 81.4 Å².